The van der Waals surface area contributed by atoms with Gasteiger partial charge in [-0.1, -0.05) is 30.3 Å². The Kier molecular flexibility index (Phi) is 5.62. The van der Waals surface area contributed by atoms with E-state index in [0.29, 0.717) is 12.1 Å². The first-order chi connectivity index (χ1) is 13.8. The van der Waals surface area contributed by atoms with Gasteiger partial charge in [0.2, 0.25) is 5.91 Å². The number of hydrogen-bond donors (Lipinski definition) is 1. The summed E-state index contributed by atoms with van der Waals surface area (Å²) in [5.41, 5.74) is -2.94. The van der Waals surface area contributed by atoms with Crippen LogP contribution in [0.2, 0.25) is 0 Å². The molecule has 3 rings (SSSR count). The van der Waals surface area contributed by atoms with Crippen molar-refractivity contribution in [3.05, 3.63) is 70.8 Å². The van der Waals surface area contributed by atoms with Crippen LogP contribution in [0.25, 0.3) is 0 Å². The van der Waals surface area contributed by atoms with Gasteiger partial charge in [0.05, 0.1) is 22.8 Å². The molecule has 3 nitrogen and oxygen atoms in total. The lowest BCUT2D eigenvalue weighted by molar-refractivity contribution is -0.143. The lowest BCUT2D eigenvalue weighted by atomic mass is 9.99. The fraction of sp³-hybridized carbons (Fsp3) is 0.381. The molecule has 30 heavy (non-hydrogen) atoms. The number of alkyl halides is 6. The van der Waals surface area contributed by atoms with Crippen LogP contribution in [-0.4, -0.2) is 22.5 Å². The van der Waals surface area contributed by atoms with Gasteiger partial charge in [0.15, 0.2) is 0 Å². The molecule has 0 aromatic heterocycles. The van der Waals surface area contributed by atoms with Crippen LogP contribution in [0, 0.1) is 0 Å². The quantitative estimate of drug-likeness (QED) is 0.693. The van der Waals surface area contributed by atoms with Crippen molar-refractivity contribution in [2.24, 2.45) is 0 Å². The fourth-order valence-corrected chi connectivity index (χ4v) is 3.58. The Morgan fingerprint density at radius 2 is 1.43 bits per heavy atom. The van der Waals surface area contributed by atoms with E-state index in [4.69, 9.17) is 0 Å². The lowest BCUT2D eigenvalue weighted by Crippen LogP contribution is -2.46. The SMILES string of the molecule is CC1(C)N[C@@H](Cc2cc(C(F)(F)F)cc(C(F)(F)F)c2)C(=O)N1Cc1ccccc1. The second-order valence-electron chi connectivity index (χ2n) is 7.78. The van der Waals surface area contributed by atoms with Gasteiger partial charge in [0, 0.05) is 6.54 Å². The van der Waals surface area contributed by atoms with Crippen LogP contribution in [0.15, 0.2) is 48.5 Å². The van der Waals surface area contributed by atoms with Crippen LogP contribution in [0.1, 0.15) is 36.1 Å². The maximum absolute atomic E-state index is 13.1. The topological polar surface area (TPSA) is 32.3 Å². The van der Waals surface area contributed by atoms with Gasteiger partial charge >= 0.3 is 12.4 Å². The van der Waals surface area contributed by atoms with E-state index in [9.17, 15) is 31.1 Å². The van der Waals surface area contributed by atoms with E-state index in [2.05, 4.69) is 5.32 Å². The zero-order valence-corrected chi connectivity index (χ0v) is 16.2. The first kappa shape index (κ1) is 22.1. The molecule has 0 saturated carbocycles. The molecule has 1 aliphatic rings. The molecule has 9 heteroatoms. The van der Waals surface area contributed by atoms with Crippen molar-refractivity contribution < 1.29 is 31.1 Å². The summed E-state index contributed by atoms with van der Waals surface area (Å²) >= 11 is 0. The van der Waals surface area contributed by atoms with E-state index >= 15 is 0 Å². The van der Waals surface area contributed by atoms with Gasteiger partial charge in [-0.25, -0.2) is 0 Å². The van der Waals surface area contributed by atoms with Crippen LogP contribution in [0.3, 0.4) is 0 Å². The molecule has 0 bridgehead atoms. The monoisotopic (exact) mass is 430 g/mol. The Labute approximate surface area is 169 Å². The third kappa shape index (κ3) is 4.77. The van der Waals surface area contributed by atoms with Crippen LogP contribution < -0.4 is 5.32 Å². The summed E-state index contributed by atoms with van der Waals surface area (Å²) in [7, 11) is 0. The molecular formula is C21H20F6N2O. The molecule has 1 amide bonds. The molecule has 1 N–H and O–H groups in total. The summed E-state index contributed by atoms with van der Waals surface area (Å²) < 4.78 is 78.6. The number of carbonyl (C=O) groups is 1. The normalized spacial score (nSPS) is 19.4. The number of carbonyl (C=O) groups excluding carboxylic acids is 1. The van der Waals surface area contributed by atoms with Gasteiger partial charge < -0.3 is 4.90 Å². The van der Waals surface area contributed by atoms with Gasteiger partial charge in [0.25, 0.3) is 0 Å². The molecule has 1 saturated heterocycles. The summed E-state index contributed by atoms with van der Waals surface area (Å²) in [6.45, 7) is 3.74. The van der Waals surface area contributed by atoms with E-state index in [0.717, 1.165) is 5.56 Å². The van der Waals surface area contributed by atoms with Crippen molar-refractivity contribution in [3.8, 4) is 0 Å². The number of rotatable bonds is 4. The largest absolute Gasteiger partial charge is 0.416 e. The minimum absolute atomic E-state index is 0.0824. The van der Waals surface area contributed by atoms with Crippen LogP contribution in [0.4, 0.5) is 26.3 Å². The molecule has 2 aromatic rings. The molecule has 162 valence electrons. The highest BCUT2D eigenvalue weighted by Crippen LogP contribution is 2.37. The van der Waals surface area contributed by atoms with E-state index in [-0.39, 0.29) is 30.5 Å². The minimum atomic E-state index is -4.93. The van der Waals surface area contributed by atoms with Crippen LogP contribution in [0.5, 0.6) is 0 Å². The van der Waals surface area contributed by atoms with Gasteiger partial charge in [-0.05, 0) is 49.6 Å². The Hall–Kier alpha value is -2.55. The third-order valence-electron chi connectivity index (χ3n) is 5.04. The molecular weight excluding hydrogens is 410 g/mol. The highest BCUT2D eigenvalue weighted by Gasteiger charge is 2.44. The second-order valence-corrected chi connectivity index (χ2v) is 7.78. The number of nitrogens with one attached hydrogen (secondary N) is 1. The van der Waals surface area contributed by atoms with Crippen molar-refractivity contribution in [1.82, 2.24) is 10.2 Å². The van der Waals surface area contributed by atoms with E-state index in [1.165, 1.54) is 4.90 Å². The van der Waals surface area contributed by atoms with Crippen molar-refractivity contribution >= 4 is 5.91 Å². The Morgan fingerprint density at radius 3 is 1.93 bits per heavy atom. The molecule has 1 aliphatic heterocycles. The Bertz CT molecular complexity index is 889. The van der Waals surface area contributed by atoms with Crippen molar-refractivity contribution in [3.63, 3.8) is 0 Å². The van der Waals surface area contributed by atoms with Crippen molar-refractivity contribution in [2.45, 2.75) is 50.9 Å². The molecule has 1 heterocycles. The number of halogens is 6. The van der Waals surface area contributed by atoms with E-state index < -0.39 is 35.2 Å². The van der Waals surface area contributed by atoms with Crippen molar-refractivity contribution in [2.75, 3.05) is 0 Å². The molecule has 1 fully saturated rings. The minimum Gasteiger partial charge on any atom is -0.319 e. The second kappa shape index (κ2) is 7.61. The average molecular weight is 430 g/mol. The summed E-state index contributed by atoms with van der Waals surface area (Å²) in [6, 6.07) is 9.59. The standard InChI is InChI=1S/C21H20F6N2O/c1-19(2)28-17(18(30)29(19)12-13-6-4-3-5-7-13)10-14-8-15(20(22,23)24)11-16(9-14)21(25,26)27/h3-9,11,17,28H,10,12H2,1-2H3/t17-/m0/s1. The number of benzene rings is 2. The summed E-state index contributed by atoms with van der Waals surface area (Å²) in [5.74, 6) is -0.380. The summed E-state index contributed by atoms with van der Waals surface area (Å²) in [5, 5.41) is 3.03. The van der Waals surface area contributed by atoms with Gasteiger partial charge in [-0.2, -0.15) is 26.3 Å². The summed E-state index contributed by atoms with van der Waals surface area (Å²) in [4.78, 5) is 14.4. The number of hydrogen-bond acceptors (Lipinski definition) is 2. The predicted octanol–water partition coefficient (Wildman–Crippen LogP) is 5.00. The maximum Gasteiger partial charge on any atom is 0.416 e. The Balaban J connectivity index is 1.88. The lowest BCUT2D eigenvalue weighted by Gasteiger charge is -2.31. The highest BCUT2D eigenvalue weighted by atomic mass is 19.4. The number of nitrogens with zero attached hydrogens (tertiary/aromatic N) is 1. The van der Waals surface area contributed by atoms with Crippen molar-refractivity contribution in [1.29, 1.82) is 0 Å². The smallest absolute Gasteiger partial charge is 0.319 e. The molecule has 0 unspecified atom stereocenters. The summed E-state index contributed by atoms with van der Waals surface area (Å²) in [6.07, 6.45) is -10.1. The van der Waals surface area contributed by atoms with Gasteiger partial charge in [-0.3, -0.25) is 10.1 Å². The average Bonchev–Trinajstić information content (AvgIpc) is 2.84. The maximum atomic E-state index is 13.1. The fourth-order valence-electron chi connectivity index (χ4n) is 3.58. The van der Waals surface area contributed by atoms with E-state index in [1.807, 2.05) is 30.3 Å². The van der Waals surface area contributed by atoms with Crippen LogP contribution >= 0.6 is 0 Å². The third-order valence-corrected chi connectivity index (χ3v) is 5.04. The molecule has 0 spiro atoms. The molecule has 0 aliphatic carbocycles. The van der Waals surface area contributed by atoms with Gasteiger partial charge in [-0.15, -0.1) is 0 Å². The molecule has 0 radical (unpaired) electrons. The Morgan fingerprint density at radius 1 is 0.900 bits per heavy atom. The zero-order chi connectivity index (χ0) is 22.3. The molecule has 1 atom stereocenters. The highest BCUT2D eigenvalue weighted by molar-refractivity contribution is 5.85. The first-order valence-electron chi connectivity index (χ1n) is 9.19. The van der Waals surface area contributed by atoms with Gasteiger partial charge in [0.1, 0.15) is 0 Å². The molecule has 2 aromatic carbocycles. The zero-order valence-electron chi connectivity index (χ0n) is 16.2. The first-order valence-corrected chi connectivity index (χ1v) is 9.19. The van der Waals surface area contributed by atoms with E-state index in [1.54, 1.807) is 13.8 Å². The van der Waals surface area contributed by atoms with Crippen LogP contribution in [-0.2, 0) is 30.1 Å². The number of amides is 1. The predicted molar refractivity (Wildman–Crippen MR) is 98.1 cm³/mol.